The van der Waals surface area contributed by atoms with E-state index in [4.69, 9.17) is 14.2 Å². The summed E-state index contributed by atoms with van der Waals surface area (Å²) in [5, 5.41) is 54.2. The lowest BCUT2D eigenvalue weighted by molar-refractivity contribution is -0.140. The SMILES string of the molecule is C=C(O)CN1CCN(CC(=O)O)CCN(CC(=O)O)CCN(CC(=O)NCCOCCOCCOCCCNCc2ccc(-c3ccc(CN[C@@H](CNC(=O)c4cn(C)c5cc(CNc6ncc[nH]6)ccc5c4=O)C(=O)O)cc3)cc2)CC1. The van der Waals surface area contributed by atoms with Crippen LogP contribution in [-0.2, 0) is 60.1 Å². The number of nitrogens with one attached hydrogen (secondary N) is 6. The molecule has 0 unspecified atom stereocenters. The highest BCUT2D eigenvalue weighted by atomic mass is 16.5. The first-order valence-electron chi connectivity index (χ1n) is 27.8. The molecule has 3 heterocycles. The number of hydrogen-bond acceptors (Lipinski definition) is 18. The number of nitrogens with zero attached hydrogens (tertiary/aromatic N) is 6. The van der Waals surface area contributed by atoms with Crippen molar-refractivity contribution in [3.63, 3.8) is 0 Å². The van der Waals surface area contributed by atoms with Crippen molar-refractivity contribution in [2.45, 2.75) is 32.1 Å². The Labute approximate surface area is 482 Å². The lowest BCUT2D eigenvalue weighted by atomic mass is 10.0. The van der Waals surface area contributed by atoms with E-state index in [1.165, 1.54) is 6.20 Å². The normalized spacial score (nSPS) is 14.6. The van der Waals surface area contributed by atoms with Gasteiger partial charge in [-0.2, -0.15) is 0 Å². The first kappa shape index (κ1) is 64.6. The Balaban J connectivity index is 0.786. The number of aliphatic carboxylic acids is 3. The number of aromatic nitrogens is 3. The molecule has 1 aliphatic rings. The second-order valence-electron chi connectivity index (χ2n) is 20.2. The van der Waals surface area contributed by atoms with E-state index in [2.05, 4.69) is 67.4 Å². The Hall–Kier alpha value is -7.59. The average Bonchev–Trinajstić information content (AvgIpc) is 3.65. The van der Waals surface area contributed by atoms with Gasteiger partial charge in [-0.05, 0) is 52.9 Å². The van der Waals surface area contributed by atoms with Gasteiger partial charge in [0.1, 0.15) is 11.6 Å². The van der Waals surface area contributed by atoms with Gasteiger partial charge in [0.05, 0.1) is 70.5 Å². The molecular formula is C58H80N12O13. The molecular weight excluding hydrogens is 1070 g/mol. The predicted molar refractivity (Wildman–Crippen MR) is 312 cm³/mol. The first-order chi connectivity index (χ1) is 40.1. The van der Waals surface area contributed by atoms with E-state index in [-0.39, 0.29) is 56.5 Å². The molecule has 5 aromatic rings. The highest BCUT2D eigenvalue weighted by Crippen LogP contribution is 2.21. The minimum absolute atomic E-state index is 0.0182. The Kier molecular flexibility index (Phi) is 27.0. The lowest BCUT2D eigenvalue weighted by Gasteiger charge is -2.33. The van der Waals surface area contributed by atoms with E-state index < -0.39 is 35.3 Å². The number of fused-ring (bicyclic) bond motifs is 1. The Bertz CT molecular complexity index is 2880. The number of anilines is 1. The third-order valence-corrected chi connectivity index (χ3v) is 13.7. The van der Waals surface area contributed by atoms with Crippen molar-refractivity contribution in [3.05, 3.63) is 130 Å². The van der Waals surface area contributed by atoms with Crippen LogP contribution in [0.2, 0.25) is 0 Å². The maximum absolute atomic E-state index is 13.4. The molecule has 2 aromatic heterocycles. The van der Waals surface area contributed by atoms with E-state index in [1.54, 1.807) is 39.9 Å². The third-order valence-electron chi connectivity index (χ3n) is 13.7. The van der Waals surface area contributed by atoms with Crippen LogP contribution in [0.1, 0.15) is 33.5 Å². The van der Waals surface area contributed by atoms with Gasteiger partial charge in [0, 0.05) is 123 Å². The zero-order valence-corrected chi connectivity index (χ0v) is 47.2. The number of aliphatic hydroxyl groups excluding tert-OH is 1. The van der Waals surface area contributed by atoms with E-state index in [9.17, 15) is 49.2 Å². The molecule has 1 saturated heterocycles. The zero-order valence-electron chi connectivity index (χ0n) is 47.2. The lowest BCUT2D eigenvalue weighted by Crippen LogP contribution is -2.49. The fourth-order valence-corrected chi connectivity index (χ4v) is 9.20. The average molecular weight is 1150 g/mol. The highest BCUT2D eigenvalue weighted by molar-refractivity contribution is 5.97. The van der Waals surface area contributed by atoms with Crippen LogP contribution in [0, 0.1) is 0 Å². The fourth-order valence-electron chi connectivity index (χ4n) is 9.20. The summed E-state index contributed by atoms with van der Waals surface area (Å²) in [5.41, 5.74) is 5.07. The number of aliphatic hydroxyl groups is 1. The Morgan fingerprint density at radius 3 is 1.75 bits per heavy atom. The second-order valence-corrected chi connectivity index (χ2v) is 20.2. The van der Waals surface area contributed by atoms with Gasteiger partial charge in [-0.25, -0.2) is 4.98 Å². The van der Waals surface area contributed by atoms with Gasteiger partial charge in [0.25, 0.3) is 5.91 Å². The van der Waals surface area contributed by atoms with Crippen LogP contribution in [-0.4, -0.2) is 228 Å². The summed E-state index contributed by atoms with van der Waals surface area (Å²) >= 11 is 0. The van der Waals surface area contributed by atoms with Crippen LogP contribution in [0.5, 0.6) is 0 Å². The van der Waals surface area contributed by atoms with Gasteiger partial charge in [-0.1, -0.05) is 61.2 Å². The third kappa shape index (κ3) is 23.3. The number of carbonyl (C=O) groups is 5. The number of H-pyrrole nitrogens is 1. The van der Waals surface area contributed by atoms with Crippen LogP contribution in [0.4, 0.5) is 5.95 Å². The van der Waals surface area contributed by atoms with Crippen molar-refractivity contribution in [3.8, 4) is 11.1 Å². The summed E-state index contributed by atoms with van der Waals surface area (Å²) in [6, 6.07) is 20.3. The largest absolute Gasteiger partial charge is 0.512 e. The summed E-state index contributed by atoms with van der Waals surface area (Å²) in [6.07, 6.45) is 5.64. The molecule has 10 N–H and O–H groups in total. The quantitative estimate of drug-likeness (QED) is 0.0207. The summed E-state index contributed by atoms with van der Waals surface area (Å²) in [4.78, 5) is 89.2. The molecule has 0 spiro atoms. The number of pyridine rings is 1. The van der Waals surface area contributed by atoms with Gasteiger partial charge in [0.15, 0.2) is 5.95 Å². The molecule has 450 valence electrons. The van der Waals surface area contributed by atoms with Gasteiger partial charge in [0.2, 0.25) is 11.3 Å². The van der Waals surface area contributed by atoms with Crippen LogP contribution >= 0.6 is 0 Å². The molecule has 25 nitrogen and oxygen atoms in total. The number of benzene rings is 3. The van der Waals surface area contributed by atoms with Gasteiger partial charge in [-0.3, -0.25) is 53.7 Å². The van der Waals surface area contributed by atoms with Gasteiger partial charge in [-0.15, -0.1) is 0 Å². The van der Waals surface area contributed by atoms with Crippen molar-refractivity contribution < 1.29 is 58.6 Å². The molecule has 1 fully saturated rings. The number of aromatic amines is 1. The van der Waals surface area contributed by atoms with Crippen molar-refractivity contribution in [1.29, 1.82) is 0 Å². The minimum Gasteiger partial charge on any atom is -0.512 e. The van der Waals surface area contributed by atoms with E-state index in [0.29, 0.717) is 128 Å². The van der Waals surface area contributed by atoms with Crippen molar-refractivity contribution in [2.75, 3.05) is 143 Å². The van der Waals surface area contributed by atoms with Crippen LogP contribution in [0.15, 0.2) is 102 Å². The monoisotopic (exact) mass is 1150 g/mol. The zero-order chi connectivity index (χ0) is 59.3. The number of carboxylic acids is 3. The number of carbonyl (C=O) groups excluding carboxylic acids is 2. The summed E-state index contributed by atoms with van der Waals surface area (Å²) < 4.78 is 18.7. The van der Waals surface area contributed by atoms with Crippen LogP contribution in [0.25, 0.3) is 22.0 Å². The van der Waals surface area contributed by atoms with E-state index in [1.807, 2.05) is 46.2 Å². The second kappa shape index (κ2) is 34.8. The number of amides is 2. The minimum atomic E-state index is -1.14. The predicted octanol–water partition coefficient (Wildman–Crippen LogP) is 1.62. The van der Waals surface area contributed by atoms with E-state index in [0.717, 1.165) is 40.8 Å². The molecule has 0 saturated carbocycles. The first-order valence-corrected chi connectivity index (χ1v) is 27.8. The molecule has 0 bridgehead atoms. The van der Waals surface area contributed by atoms with Crippen molar-refractivity contribution in [2.24, 2.45) is 7.05 Å². The number of carboxylic acid groups (broad SMARTS) is 3. The number of hydrogen-bond donors (Lipinski definition) is 10. The molecule has 3 aromatic carbocycles. The topological polar surface area (TPSA) is 318 Å². The summed E-state index contributed by atoms with van der Waals surface area (Å²) in [5.74, 6) is -3.37. The number of ether oxygens (including phenoxy) is 3. The van der Waals surface area contributed by atoms with Crippen LogP contribution in [0.3, 0.4) is 0 Å². The van der Waals surface area contributed by atoms with E-state index >= 15 is 0 Å². The Morgan fingerprint density at radius 2 is 1.19 bits per heavy atom. The molecule has 2 amide bonds. The van der Waals surface area contributed by atoms with Crippen LogP contribution < -0.4 is 32.0 Å². The molecule has 1 aliphatic heterocycles. The molecule has 6 rings (SSSR count). The number of rotatable bonds is 34. The smallest absolute Gasteiger partial charge is 0.322 e. The molecule has 0 radical (unpaired) electrons. The molecule has 0 aliphatic carbocycles. The van der Waals surface area contributed by atoms with Gasteiger partial charge >= 0.3 is 17.9 Å². The molecule has 25 heteroatoms. The summed E-state index contributed by atoms with van der Waals surface area (Å²) in [7, 11) is 1.75. The van der Waals surface area contributed by atoms with Crippen molar-refractivity contribution in [1.82, 2.24) is 55.4 Å². The summed E-state index contributed by atoms with van der Waals surface area (Å²) in [6.45, 7) is 11.5. The van der Waals surface area contributed by atoms with Crippen molar-refractivity contribution >= 4 is 46.6 Å². The molecule has 1 atom stereocenters. The van der Waals surface area contributed by atoms with Gasteiger partial charge < -0.3 is 65.5 Å². The maximum Gasteiger partial charge on any atom is 0.322 e. The molecule has 83 heavy (non-hydrogen) atoms. The maximum atomic E-state index is 13.4. The standard InChI is InChI=1S/C58H80N12O13/c1-42(71)37-67-18-20-68(21-23-70(41-54(75)76)25-24-69(22-19-67)40-53(73)74)39-52(72)60-17-27-82-29-31-83-30-28-81-26-3-14-59-33-43-4-9-46(10-5-43)47-11-6-44(7-12-47)34-63-50(57(79)80)36-64-56(78)49-38-66(2)51-32-45(8-13-48(51)55(49)77)35-65-58-61-15-16-62-58/h4-13,15-16,32,38,50,59,63,71H,1,3,14,17-31,33-37,39-41H2,2H3,(H,60,72)(H,64,78)(H,73,74)(H,75,76)(H,79,80)(H2,61,62,65)/t50-/m0/s1. The fraction of sp³-hybridized carbons (Fsp3) is 0.466. The highest BCUT2D eigenvalue weighted by Gasteiger charge is 2.23. The number of aryl methyl sites for hydroxylation is 1. The Morgan fingerprint density at radius 1 is 0.651 bits per heavy atom. The number of imidazole rings is 1.